The number of fused-ring (bicyclic) bond motifs is 1. The van der Waals surface area contributed by atoms with Crippen molar-refractivity contribution in [2.45, 2.75) is 56.4 Å². The third-order valence-corrected chi connectivity index (χ3v) is 5.04. The largest absolute Gasteiger partial charge is 0.523 e. The van der Waals surface area contributed by atoms with Gasteiger partial charge < -0.3 is 18.9 Å². The maximum Gasteiger partial charge on any atom is 0.523 e. The van der Waals surface area contributed by atoms with Gasteiger partial charge in [-0.25, -0.2) is 0 Å². The number of benzene rings is 1. The number of ether oxygens (including phenoxy) is 4. The summed E-state index contributed by atoms with van der Waals surface area (Å²) < 4.78 is 87.4. The van der Waals surface area contributed by atoms with Crippen molar-refractivity contribution in [2.75, 3.05) is 6.61 Å². The zero-order valence-electron chi connectivity index (χ0n) is 14.5. The van der Waals surface area contributed by atoms with Crippen LogP contribution in [0, 0.1) is 0 Å². The van der Waals surface area contributed by atoms with E-state index in [4.69, 9.17) is 18.9 Å². The third kappa shape index (κ3) is 4.61. The molecule has 1 aromatic carbocycles. The van der Waals surface area contributed by atoms with Gasteiger partial charge in [-0.2, -0.15) is 21.6 Å². The van der Waals surface area contributed by atoms with Gasteiger partial charge in [0.25, 0.3) is 0 Å². The van der Waals surface area contributed by atoms with E-state index in [9.17, 15) is 21.6 Å². The SMILES string of the molecule is CC1(C)O[C@H]2O[C@H](COCc3ccccc3)[C@H](OS(=O)(=O)C(F)(F)F)[C@H]2O1. The number of hydrogen-bond acceptors (Lipinski definition) is 7. The molecule has 2 heterocycles. The fraction of sp³-hybridized carbons (Fsp3) is 0.625. The van der Waals surface area contributed by atoms with E-state index in [0.717, 1.165) is 5.56 Å². The molecule has 152 valence electrons. The highest BCUT2D eigenvalue weighted by molar-refractivity contribution is 7.87. The molecule has 3 rings (SSSR count). The fourth-order valence-corrected chi connectivity index (χ4v) is 3.50. The molecule has 0 unspecified atom stereocenters. The first-order valence-electron chi connectivity index (χ1n) is 8.11. The molecule has 0 spiro atoms. The molecule has 0 saturated carbocycles. The van der Waals surface area contributed by atoms with Crippen LogP contribution in [0.3, 0.4) is 0 Å². The van der Waals surface area contributed by atoms with Crippen LogP contribution in [0.25, 0.3) is 0 Å². The lowest BCUT2D eigenvalue weighted by molar-refractivity contribution is -0.219. The first-order valence-corrected chi connectivity index (χ1v) is 9.52. The predicted octanol–water partition coefficient (Wildman–Crippen LogP) is 2.31. The minimum absolute atomic E-state index is 0.169. The van der Waals surface area contributed by atoms with Crippen LogP contribution in [-0.4, -0.2) is 50.9 Å². The molecule has 11 heteroatoms. The molecule has 0 aromatic heterocycles. The maximum atomic E-state index is 12.7. The first kappa shape index (κ1) is 20.5. The Labute approximate surface area is 154 Å². The maximum absolute atomic E-state index is 12.7. The van der Waals surface area contributed by atoms with E-state index < -0.39 is 46.0 Å². The van der Waals surface area contributed by atoms with Crippen LogP contribution in [0.1, 0.15) is 19.4 Å². The molecule has 2 aliphatic rings. The second-order valence-corrected chi connectivity index (χ2v) is 8.17. The van der Waals surface area contributed by atoms with Crippen LogP contribution in [0.5, 0.6) is 0 Å². The van der Waals surface area contributed by atoms with Gasteiger partial charge in [-0.05, 0) is 19.4 Å². The fourth-order valence-electron chi connectivity index (χ4n) is 2.87. The predicted molar refractivity (Wildman–Crippen MR) is 84.6 cm³/mol. The van der Waals surface area contributed by atoms with E-state index >= 15 is 0 Å². The molecule has 0 bridgehead atoms. The van der Waals surface area contributed by atoms with Crippen LogP contribution >= 0.6 is 0 Å². The van der Waals surface area contributed by atoms with E-state index in [0.29, 0.717) is 0 Å². The van der Waals surface area contributed by atoms with Gasteiger partial charge in [-0.1, -0.05) is 30.3 Å². The molecule has 0 amide bonds. The Morgan fingerprint density at radius 2 is 1.81 bits per heavy atom. The van der Waals surface area contributed by atoms with E-state index in [1.807, 2.05) is 6.07 Å². The molecule has 27 heavy (non-hydrogen) atoms. The van der Waals surface area contributed by atoms with Crippen molar-refractivity contribution < 1.29 is 44.7 Å². The molecule has 0 aliphatic carbocycles. The summed E-state index contributed by atoms with van der Waals surface area (Å²) in [6.45, 7) is 3.03. The molecule has 2 saturated heterocycles. The Hall–Kier alpha value is -1.24. The standard InChI is InChI=1S/C16H19F3O7S/c1-15(2)24-13-12(26-27(20,21)16(17,18)19)11(23-14(13)25-15)9-22-8-10-6-4-3-5-7-10/h3-7,11-14H,8-9H2,1-2H3/t11-,12+,13-,14-/m1/s1. The van der Waals surface area contributed by atoms with Crippen molar-refractivity contribution in [3.63, 3.8) is 0 Å². The van der Waals surface area contributed by atoms with Crippen molar-refractivity contribution in [3.05, 3.63) is 35.9 Å². The highest BCUT2D eigenvalue weighted by Gasteiger charge is 2.59. The summed E-state index contributed by atoms with van der Waals surface area (Å²) >= 11 is 0. The molecular formula is C16H19F3O7S. The Kier molecular flexibility index (Phi) is 5.54. The lowest BCUT2D eigenvalue weighted by atomic mass is 10.1. The lowest BCUT2D eigenvalue weighted by Gasteiger charge is -2.25. The average molecular weight is 412 g/mol. The zero-order chi connectivity index (χ0) is 19.9. The molecule has 1 aromatic rings. The van der Waals surface area contributed by atoms with E-state index in [1.54, 1.807) is 24.3 Å². The van der Waals surface area contributed by atoms with Crippen LogP contribution < -0.4 is 0 Å². The van der Waals surface area contributed by atoms with Crippen LogP contribution in [-0.2, 0) is 39.9 Å². The molecule has 4 atom stereocenters. The van der Waals surface area contributed by atoms with Gasteiger partial charge in [-0.15, -0.1) is 0 Å². The zero-order valence-corrected chi connectivity index (χ0v) is 15.3. The summed E-state index contributed by atoms with van der Waals surface area (Å²) in [6.07, 6.45) is -4.86. The van der Waals surface area contributed by atoms with Crippen molar-refractivity contribution in [2.24, 2.45) is 0 Å². The van der Waals surface area contributed by atoms with E-state index in [1.165, 1.54) is 13.8 Å². The van der Waals surface area contributed by atoms with E-state index in [2.05, 4.69) is 4.18 Å². The van der Waals surface area contributed by atoms with Gasteiger partial charge >= 0.3 is 15.6 Å². The Morgan fingerprint density at radius 3 is 2.44 bits per heavy atom. The quantitative estimate of drug-likeness (QED) is 0.524. The summed E-state index contributed by atoms with van der Waals surface area (Å²) in [6, 6.07) is 9.05. The van der Waals surface area contributed by atoms with Gasteiger partial charge in [0.1, 0.15) is 18.3 Å². The number of alkyl halides is 3. The number of rotatable bonds is 6. The smallest absolute Gasteiger partial charge is 0.374 e. The van der Waals surface area contributed by atoms with Crippen molar-refractivity contribution in [1.82, 2.24) is 0 Å². The minimum atomic E-state index is -5.84. The monoisotopic (exact) mass is 412 g/mol. The van der Waals surface area contributed by atoms with Gasteiger partial charge in [0.05, 0.1) is 13.2 Å². The van der Waals surface area contributed by atoms with Crippen LogP contribution in [0.2, 0.25) is 0 Å². The van der Waals surface area contributed by atoms with Gasteiger partial charge in [0.2, 0.25) is 0 Å². The number of halogens is 3. The molecular weight excluding hydrogens is 393 g/mol. The van der Waals surface area contributed by atoms with Gasteiger partial charge in [-0.3, -0.25) is 4.18 Å². The average Bonchev–Trinajstić information content (AvgIpc) is 3.00. The topological polar surface area (TPSA) is 80.3 Å². The Bertz CT molecular complexity index is 751. The first-order chi connectivity index (χ1) is 12.5. The molecule has 2 aliphatic heterocycles. The third-order valence-electron chi connectivity index (χ3n) is 4.00. The summed E-state index contributed by atoms with van der Waals surface area (Å²) in [5, 5.41) is 0. The second-order valence-electron chi connectivity index (χ2n) is 6.60. The molecule has 7 nitrogen and oxygen atoms in total. The minimum Gasteiger partial charge on any atom is -0.374 e. The van der Waals surface area contributed by atoms with E-state index in [-0.39, 0.29) is 13.2 Å². The molecule has 0 radical (unpaired) electrons. The van der Waals surface area contributed by atoms with Gasteiger partial charge in [0.15, 0.2) is 12.1 Å². The summed E-state index contributed by atoms with van der Waals surface area (Å²) in [5.74, 6) is -1.14. The normalized spacial score (nSPS) is 30.4. The summed E-state index contributed by atoms with van der Waals surface area (Å²) in [5.41, 5.74) is -4.72. The molecule has 0 N–H and O–H groups in total. The van der Waals surface area contributed by atoms with Crippen molar-refractivity contribution >= 4 is 10.1 Å². The van der Waals surface area contributed by atoms with Crippen LogP contribution in [0.4, 0.5) is 13.2 Å². The van der Waals surface area contributed by atoms with Crippen molar-refractivity contribution in [1.29, 1.82) is 0 Å². The Morgan fingerprint density at radius 1 is 1.15 bits per heavy atom. The molecule has 2 fully saturated rings. The number of hydrogen-bond donors (Lipinski definition) is 0. The van der Waals surface area contributed by atoms with Gasteiger partial charge in [0, 0.05) is 0 Å². The highest BCUT2D eigenvalue weighted by Crippen LogP contribution is 2.40. The lowest BCUT2D eigenvalue weighted by Crippen LogP contribution is -2.42. The van der Waals surface area contributed by atoms with Crippen LogP contribution in [0.15, 0.2) is 30.3 Å². The van der Waals surface area contributed by atoms with Crippen molar-refractivity contribution in [3.8, 4) is 0 Å². The second kappa shape index (κ2) is 7.30. The Balaban J connectivity index is 1.70. The highest BCUT2D eigenvalue weighted by atomic mass is 32.2. The summed E-state index contributed by atoms with van der Waals surface area (Å²) in [4.78, 5) is 0. The summed E-state index contributed by atoms with van der Waals surface area (Å²) in [7, 11) is -5.84.